The van der Waals surface area contributed by atoms with E-state index in [1.54, 1.807) is 6.92 Å². The van der Waals surface area contributed by atoms with Crippen molar-refractivity contribution in [1.82, 2.24) is 9.97 Å². The van der Waals surface area contributed by atoms with Gasteiger partial charge in [-0.2, -0.15) is 0 Å². The number of rotatable bonds is 7. The number of carbonyl (C=O) groups excluding carboxylic acids is 1. The van der Waals surface area contributed by atoms with Gasteiger partial charge in [-0.05, 0) is 13.8 Å². The molecule has 0 fully saturated rings. The first-order valence-corrected chi connectivity index (χ1v) is 5.87. The molecule has 0 saturated heterocycles. The van der Waals surface area contributed by atoms with Crippen molar-refractivity contribution in [3.05, 3.63) is 28.7 Å². The molecular weight excluding hydrogens is 254 g/mol. The van der Waals surface area contributed by atoms with Gasteiger partial charge in [0.15, 0.2) is 6.29 Å². The van der Waals surface area contributed by atoms with Crippen LogP contribution in [0.4, 0.5) is 5.82 Å². The van der Waals surface area contributed by atoms with Crippen LogP contribution in [0, 0.1) is 6.92 Å². The number of carbonyl (C=O) groups is 1. The lowest BCUT2D eigenvalue weighted by molar-refractivity contribution is 0.112. The molecule has 0 amide bonds. The Balaban J connectivity index is 2.56. The highest BCUT2D eigenvalue weighted by Gasteiger charge is 2.10. The average Bonchev–Trinajstić information content (AvgIpc) is 2.27. The first-order chi connectivity index (χ1) is 8.54. The molecule has 0 saturated carbocycles. The summed E-state index contributed by atoms with van der Waals surface area (Å²) in [5, 5.41) is 3.15. The number of hydrogen-bond acceptors (Lipinski definition) is 5. The molecule has 0 aromatic carbocycles. The fourth-order valence-corrected chi connectivity index (χ4v) is 1.53. The van der Waals surface area contributed by atoms with Crippen molar-refractivity contribution < 1.29 is 9.53 Å². The highest BCUT2D eigenvalue weighted by atomic mass is 35.5. The zero-order chi connectivity index (χ0) is 13.5. The molecule has 0 aliphatic carbocycles. The number of hydrogen-bond donors (Lipinski definition) is 1. The van der Waals surface area contributed by atoms with Crippen molar-refractivity contribution in [1.29, 1.82) is 0 Å². The van der Waals surface area contributed by atoms with Gasteiger partial charge in [-0.15, -0.1) is 0 Å². The van der Waals surface area contributed by atoms with E-state index in [1.165, 1.54) is 0 Å². The van der Waals surface area contributed by atoms with E-state index < -0.39 is 0 Å². The minimum absolute atomic E-state index is 0.155. The summed E-state index contributed by atoms with van der Waals surface area (Å²) in [6.07, 6.45) is 0.638. The molecule has 0 aliphatic heterocycles. The van der Waals surface area contributed by atoms with Gasteiger partial charge in [-0.3, -0.25) is 4.79 Å². The van der Waals surface area contributed by atoms with Gasteiger partial charge in [-0.1, -0.05) is 23.8 Å². The minimum Gasteiger partial charge on any atom is -0.375 e. The number of ether oxygens (including phenoxy) is 1. The van der Waals surface area contributed by atoms with Crippen LogP contribution in [-0.4, -0.2) is 36.0 Å². The summed E-state index contributed by atoms with van der Waals surface area (Å²) in [6.45, 7) is 8.88. The number of aromatic nitrogens is 2. The summed E-state index contributed by atoms with van der Waals surface area (Å²) in [7, 11) is 0. The molecule has 18 heavy (non-hydrogen) atoms. The van der Waals surface area contributed by atoms with Crippen molar-refractivity contribution in [2.45, 2.75) is 13.8 Å². The van der Waals surface area contributed by atoms with Crippen molar-refractivity contribution in [3.63, 3.8) is 0 Å². The van der Waals surface area contributed by atoms with Gasteiger partial charge in [0.05, 0.1) is 18.8 Å². The summed E-state index contributed by atoms with van der Waals surface area (Å²) in [5.74, 6) is 0.942. The van der Waals surface area contributed by atoms with Gasteiger partial charge in [0, 0.05) is 6.54 Å². The van der Waals surface area contributed by atoms with Crippen molar-refractivity contribution in [3.8, 4) is 0 Å². The maximum absolute atomic E-state index is 10.9. The number of aldehydes is 1. The predicted octanol–water partition coefficient (Wildman–Crippen LogP) is 2.26. The van der Waals surface area contributed by atoms with E-state index in [0.29, 0.717) is 37.7 Å². The van der Waals surface area contributed by atoms with Crippen LogP contribution in [0.5, 0.6) is 0 Å². The van der Waals surface area contributed by atoms with Crippen LogP contribution >= 0.6 is 11.6 Å². The molecule has 0 radical (unpaired) electrons. The quantitative estimate of drug-likeness (QED) is 0.356. The molecule has 0 atom stereocenters. The van der Waals surface area contributed by atoms with Gasteiger partial charge in [0.1, 0.15) is 16.8 Å². The van der Waals surface area contributed by atoms with E-state index in [4.69, 9.17) is 16.3 Å². The summed E-state index contributed by atoms with van der Waals surface area (Å²) in [4.78, 5) is 18.9. The lowest BCUT2D eigenvalue weighted by atomic mass is 10.3. The lowest BCUT2D eigenvalue weighted by Gasteiger charge is -2.09. The van der Waals surface area contributed by atoms with E-state index >= 15 is 0 Å². The third-order valence-electron chi connectivity index (χ3n) is 2.02. The maximum atomic E-state index is 10.9. The van der Waals surface area contributed by atoms with Crippen LogP contribution in [0.2, 0.25) is 5.15 Å². The maximum Gasteiger partial charge on any atom is 0.156 e. The van der Waals surface area contributed by atoms with Crippen LogP contribution < -0.4 is 5.32 Å². The van der Waals surface area contributed by atoms with Gasteiger partial charge >= 0.3 is 0 Å². The summed E-state index contributed by atoms with van der Waals surface area (Å²) >= 11 is 5.85. The molecule has 0 spiro atoms. The van der Waals surface area contributed by atoms with Gasteiger partial charge < -0.3 is 10.1 Å². The van der Waals surface area contributed by atoms with Crippen molar-refractivity contribution in [2.24, 2.45) is 0 Å². The second-order valence-electron chi connectivity index (χ2n) is 3.88. The van der Waals surface area contributed by atoms with Gasteiger partial charge in [0.2, 0.25) is 0 Å². The fourth-order valence-electron chi connectivity index (χ4n) is 1.27. The van der Waals surface area contributed by atoms with Crippen molar-refractivity contribution in [2.75, 3.05) is 25.1 Å². The average molecular weight is 270 g/mol. The number of nitrogens with one attached hydrogen (secondary N) is 1. The molecule has 0 unspecified atom stereocenters. The van der Waals surface area contributed by atoms with Crippen LogP contribution in [-0.2, 0) is 4.74 Å². The number of aryl methyl sites for hydroxylation is 1. The number of halogens is 1. The van der Waals surface area contributed by atoms with E-state index in [9.17, 15) is 4.79 Å². The molecule has 1 aromatic heterocycles. The van der Waals surface area contributed by atoms with E-state index in [2.05, 4.69) is 21.9 Å². The zero-order valence-electron chi connectivity index (χ0n) is 10.5. The molecule has 1 N–H and O–H groups in total. The normalized spacial score (nSPS) is 10.2. The molecule has 1 rings (SSSR count). The molecule has 6 heteroatoms. The van der Waals surface area contributed by atoms with Crippen LogP contribution in [0.3, 0.4) is 0 Å². The first kappa shape index (κ1) is 14.6. The Morgan fingerprint density at radius 2 is 2.28 bits per heavy atom. The SMILES string of the molecule is C=C(C)COCCNc1nc(C)nc(Cl)c1C=O. The lowest BCUT2D eigenvalue weighted by Crippen LogP contribution is -2.13. The Morgan fingerprint density at radius 1 is 1.56 bits per heavy atom. The Hall–Kier alpha value is -1.46. The molecule has 1 aromatic rings. The molecule has 98 valence electrons. The molecule has 5 nitrogen and oxygen atoms in total. The summed E-state index contributed by atoms with van der Waals surface area (Å²) in [6, 6.07) is 0. The second-order valence-corrected chi connectivity index (χ2v) is 4.24. The Kier molecular flexibility index (Phi) is 5.74. The summed E-state index contributed by atoms with van der Waals surface area (Å²) in [5.41, 5.74) is 1.23. The Labute approximate surface area is 111 Å². The van der Waals surface area contributed by atoms with Gasteiger partial charge in [0.25, 0.3) is 0 Å². The second kappa shape index (κ2) is 7.08. The minimum atomic E-state index is 0.155. The standard InChI is InChI=1S/C12H16ClN3O2/c1-8(2)7-18-5-4-14-12-10(6-17)11(13)15-9(3)16-12/h6H,1,4-5,7H2,2-3H3,(H,14,15,16). The molecule has 1 heterocycles. The Bertz CT molecular complexity index is 449. The topological polar surface area (TPSA) is 64.1 Å². The fraction of sp³-hybridized carbons (Fsp3) is 0.417. The molecular formula is C12H16ClN3O2. The first-order valence-electron chi connectivity index (χ1n) is 5.50. The largest absolute Gasteiger partial charge is 0.375 e. The highest BCUT2D eigenvalue weighted by molar-refractivity contribution is 6.32. The molecule has 0 aliphatic rings. The van der Waals surface area contributed by atoms with Crippen LogP contribution in [0.25, 0.3) is 0 Å². The van der Waals surface area contributed by atoms with E-state index in [1.807, 2.05) is 6.92 Å². The summed E-state index contributed by atoms with van der Waals surface area (Å²) < 4.78 is 5.32. The zero-order valence-corrected chi connectivity index (χ0v) is 11.3. The van der Waals surface area contributed by atoms with Crippen molar-refractivity contribution >= 4 is 23.7 Å². The Morgan fingerprint density at radius 3 is 2.89 bits per heavy atom. The third kappa shape index (κ3) is 4.43. The number of nitrogens with zero attached hydrogens (tertiary/aromatic N) is 2. The predicted molar refractivity (Wildman–Crippen MR) is 71.3 cm³/mol. The highest BCUT2D eigenvalue weighted by Crippen LogP contribution is 2.18. The van der Waals surface area contributed by atoms with Crippen LogP contribution in [0.15, 0.2) is 12.2 Å². The van der Waals surface area contributed by atoms with E-state index in [-0.39, 0.29) is 10.7 Å². The van der Waals surface area contributed by atoms with Gasteiger partial charge in [-0.25, -0.2) is 9.97 Å². The number of anilines is 1. The van der Waals surface area contributed by atoms with E-state index in [0.717, 1.165) is 5.57 Å². The smallest absolute Gasteiger partial charge is 0.156 e. The van der Waals surface area contributed by atoms with Crippen LogP contribution in [0.1, 0.15) is 23.1 Å². The molecule has 0 bridgehead atoms. The monoisotopic (exact) mass is 269 g/mol. The third-order valence-corrected chi connectivity index (χ3v) is 2.30.